The zero-order valence-electron chi connectivity index (χ0n) is 16.6. The molecule has 0 aromatic heterocycles. The van der Waals surface area contributed by atoms with Gasteiger partial charge in [0.25, 0.3) is 5.78 Å². The predicted octanol–water partition coefficient (Wildman–Crippen LogP) is 2.47. The molecule has 1 saturated heterocycles. The van der Waals surface area contributed by atoms with Crippen molar-refractivity contribution in [2.45, 2.75) is 6.92 Å². The summed E-state index contributed by atoms with van der Waals surface area (Å²) in [6.45, 7) is 4.96. The van der Waals surface area contributed by atoms with Gasteiger partial charge in [0, 0.05) is 25.0 Å². The van der Waals surface area contributed by atoms with Crippen LogP contribution in [0.5, 0.6) is 0 Å². The SMILES string of the molecule is Cc1ccc(C=NC(=O)Nc2ccc3c(c2)C(=O)C(=O)N3CN2CCOCC2)cc1. The molecule has 0 atom stereocenters. The molecule has 2 aromatic carbocycles. The molecule has 30 heavy (non-hydrogen) atoms. The highest BCUT2D eigenvalue weighted by molar-refractivity contribution is 6.52. The summed E-state index contributed by atoms with van der Waals surface area (Å²) in [6.07, 6.45) is 1.47. The van der Waals surface area contributed by atoms with Gasteiger partial charge in [0.2, 0.25) is 0 Å². The molecule has 2 heterocycles. The highest BCUT2D eigenvalue weighted by atomic mass is 16.5. The largest absolute Gasteiger partial charge is 0.379 e. The first-order chi connectivity index (χ1) is 14.5. The molecule has 1 fully saturated rings. The Labute approximate surface area is 174 Å². The number of rotatable bonds is 4. The molecule has 0 aliphatic carbocycles. The van der Waals surface area contributed by atoms with Gasteiger partial charge in [-0.3, -0.25) is 19.4 Å². The van der Waals surface area contributed by atoms with E-state index >= 15 is 0 Å². The van der Waals surface area contributed by atoms with Crippen molar-refractivity contribution in [1.82, 2.24) is 4.90 Å². The van der Waals surface area contributed by atoms with E-state index in [4.69, 9.17) is 4.74 Å². The fourth-order valence-corrected chi connectivity index (χ4v) is 3.40. The van der Waals surface area contributed by atoms with E-state index in [-0.39, 0.29) is 5.56 Å². The van der Waals surface area contributed by atoms with Crippen LogP contribution in [0.15, 0.2) is 47.5 Å². The first-order valence-corrected chi connectivity index (χ1v) is 9.73. The molecule has 2 aliphatic rings. The van der Waals surface area contributed by atoms with E-state index in [0.29, 0.717) is 44.3 Å². The second-order valence-electron chi connectivity index (χ2n) is 7.27. The summed E-state index contributed by atoms with van der Waals surface area (Å²) in [6, 6.07) is 11.9. The minimum Gasteiger partial charge on any atom is -0.379 e. The number of benzene rings is 2. The molecule has 2 aromatic rings. The topological polar surface area (TPSA) is 91.3 Å². The van der Waals surface area contributed by atoms with Crippen molar-refractivity contribution in [1.29, 1.82) is 0 Å². The number of carbonyl (C=O) groups excluding carboxylic acids is 3. The Bertz CT molecular complexity index is 1010. The average molecular weight is 406 g/mol. The van der Waals surface area contributed by atoms with Crippen molar-refractivity contribution in [3.8, 4) is 0 Å². The maximum absolute atomic E-state index is 12.5. The third-order valence-corrected chi connectivity index (χ3v) is 5.08. The van der Waals surface area contributed by atoms with Crippen molar-refractivity contribution in [3.63, 3.8) is 0 Å². The van der Waals surface area contributed by atoms with Crippen LogP contribution >= 0.6 is 0 Å². The number of hydrogen-bond donors (Lipinski definition) is 1. The molecule has 0 unspecified atom stereocenters. The molecule has 8 nitrogen and oxygen atoms in total. The molecule has 8 heteroatoms. The van der Waals surface area contributed by atoms with Gasteiger partial charge in [-0.15, -0.1) is 0 Å². The smallest absolute Gasteiger partial charge is 0.345 e. The molecule has 1 N–H and O–H groups in total. The number of morpholine rings is 1. The number of fused-ring (bicyclic) bond motifs is 1. The number of carbonyl (C=O) groups is 3. The van der Waals surface area contributed by atoms with Gasteiger partial charge in [0.15, 0.2) is 0 Å². The van der Waals surface area contributed by atoms with Gasteiger partial charge in [0.05, 0.1) is 31.1 Å². The molecule has 154 valence electrons. The summed E-state index contributed by atoms with van der Waals surface area (Å²) >= 11 is 0. The summed E-state index contributed by atoms with van der Waals surface area (Å²) in [5.41, 5.74) is 3.18. The minimum atomic E-state index is -0.572. The van der Waals surface area contributed by atoms with Crippen molar-refractivity contribution < 1.29 is 19.1 Å². The minimum absolute atomic E-state index is 0.286. The van der Waals surface area contributed by atoms with E-state index in [2.05, 4.69) is 15.2 Å². The van der Waals surface area contributed by atoms with Crippen LogP contribution in [0.4, 0.5) is 16.2 Å². The molecule has 0 spiro atoms. The monoisotopic (exact) mass is 406 g/mol. The quantitative estimate of drug-likeness (QED) is 0.622. The number of urea groups is 1. The predicted molar refractivity (Wildman–Crippen MR) is 113 cm³/mol. The van der Waals surface area contributed by atoms with Crippen LogP contribution in [-0.4, -0.2) is 61.8 Å². The molecular formula is C22H22N4O4. The highest BCUT2D eigenvalue weighted by Gasteiger charge is 2.37. The lowest BCUT2D eigenvalue weighted by Gasteiger charge is -2.30. The Kier molecular flexibility index (Phi) is 5.69. The lowest BCUT2D eigenvalue weighted by atomic mass is 10.1. The molecule has 0 bridgehead atoms. The van der Waals surface area contributed by atoms with Crippen molar-refractivity contribution in [2.75, 3.05) is 43.2 Å². The number of ketones is 1. The molecule has 4 rings (SSSR count). The first-order valence-electron chi connectivity index (χ1n) is 9.73. The van der Waals surface area contributed by atoms with Crippen molar-refractivity contribution in [3.05, 3.63) is 59.2 Å². The fraction of sp³-hybridized carbons (Fsp3) is 0.273. The fourth-order valence-electron chi connectivity index (χ4n) is 3.40. The van der Waals surface area contributed by atoms with Crippen LogP contribution in [-0.2, 0) is 9.53 Å². The van der Waals surface area contributed by atoms with Gasteiger partial charge >= 0.3 is 11.9 Å². The zero-order chi connectivity index (χ0) is 21.1. The number of amides is 3. The number of nitrogens with one attached hydrogen (secondary N) is 1. The van der Waals surface area contributed by atoms with Gasteiger partial charge < -0.3 is 10.1 Å². The Balaban J connectivity index is 1.45. The van der Waals surface area contributed by atoms with Crippen LogP contribution < -0.4 is 10.2 Å². The average Bonchev–Trinajstić information content (AvgIpc) is 2.99. The maximum atomic E-state index is 12.5. The van der Waals surface area contributed by atoms with Gasteiger partial charge in [-0.2, -0.15) is 0 Å². The number of anilines is 2. The van der Waals surface area contributed by atoms with E-state index in [9.17, 15) is 14.4 Å². The van der Waals surface area contributed by atoms with Gasteiger partial charge in [-0.1, -0.05) is 29.8 Å². The molecule has 0 radical (unpaired) electrons. The molecular weight excluding hydrogens is 384 g/mol. The molecule has 2 aliphatic heterocycles. The van der Waals surface area contributed by atoms with E-state index in [1.807, 2.05) is 31.2 Å². The number of aliphatic imine (C=N–C) groups is 1. The summed E-state index contributed by atoms with van der Waals surface area (Å²) in [7, 11) is 0. The number of ether oxygens (including phenoxy) is 1. The van der Waals surface area contributed by atoms with Crippen molar-refractivity contribution >= 4 is 35.3 Å². The second-order valence-corrected chi connectivity index (χ2v) is 7.27. The van der Waals surface area contributed by atoms with E-state index in [1.54, 1.807) is 12.1 Å². The van der Waals surface area contributed by atoms with Gasteiger partial charge in [-0.25, -0.2) is 9.79 Å². The van der Waals surface area contributed by atoms with Crippen LogP contribution in [0.1, 0.15) is 21.5 Å². The Hall–Kier alpha value is -3.36. The second kappa shape index (κ2) is 8.56. The third kappa shape index (κ3) is 4.29. The highest BCUT2D eigenvalue weighted by Crippen LogP contribution is 2.31. The van der Waals surface area contributed by atoms with E-state index < -0.39 is 17.7 Å². The zero-order valence-corrected chi connectivity index (χ0v) is 16.6. The number of nitrogens with zero attached hydrogens (tertiary/aromatic N) is 3. The number of Topliss-reactive ketones (excluding diaryl/α,β-unsaturated/α-hetero) is 1. The van der Waals surface area contributed by atoms with E-state index in [1.165, 1.54) is 17.2 Å². The Morgan fingerprint density at radius 1 is 1.13 bits per heavy atom. The van der Waals surface area contributed by atoms with Gasteiger partial charge in [0.1, 0.15) is 0 Å². The molecule has 0 saturated carbocycles. The lowest BCUT2D eigenvalue weighted by Crippen LogP contribution is -2.45. The number of aryl methyl sites for hydroxylation is 1. The van der Waals surface area contributed by atoms with Crippen LogP contribution in [0.3, 0.4) is 0 Å². The molecule has 3 amide bonds. The summed E-state index contributed by atoms with van der Waals surface area (Å²) in [5.74, 6) is -1.13. The van der Waals surface area contributed by atoms with Gasteiger partial charge in [-0.05, 0) is 30.7 Å². The van der Waals surface area contributed by atoms with Crippen LogP contribution in [0.2, 0.25) is 0 Å². The number of hydrogen-bond acceptors (Lipinski definition) is 5. The normalized spacial score (nSPS) is 16.9. The van der Waals surface area contributed by atoms with Crippen LogP contribution in [0, 0.1) is 6.92 Å². The summed E-state index contributed by atoms with van der Waals surface area (Å²) in [4.78, 5) is 44.5. The third-order valence-electron chi connectivity index (χ3n) is 5.08. The first kappa shape index (κ1) is 19.9. The Morgan fingerprint density at radius 3 is 2.60 bits per heavy atom. The maximum Gasteiger partial charge on any atom is 0.345 e. The Morgan fingerprint density at radius 2 is 1.87 bits per heavy atom. The van der Waals surface area contributed by atoms with Crippen LogP contribution in [0.25, 0.3) is 0 Å². The lowest BCUT2D eigenvalue weighted by molar-refractivity contribution is -0.114. The van der Waals surface area contributed by atoms with Crippen molar-refractivity contribution in [2.24, 2.45) is 4.99 Å². The standard InChI is InChI=1S/C22H22N4O4/c1-15-2-4-16(5-3-15)13-23-22(29)24-17-6-7-19-18(12-17)20(27)21(28)26(19)14-25-8-10-30-11-9-25/h2-7,12-13H,8-11,14H2,1H3,(H,24,29). The van der Waals surface area contributed by atoms with E-state index in [0.717, 1.165) is 11.1 Å². The summed E-state index contributed by atoms with van der Waals surface area (Å²) in [5, 5.41) is 2.64. The summed E-state index contributed by atoms with van der Waals surface area (Å²) < 4.78 is 5.32.